The molecule has 2 heterocycles. The van der Waals surface area contributed by atoms with Gasteiger partial charge in [-0.2, -0.15) is 9.97 Å². The summed E-state index contributed by atoms with van der Waals surface area (Å²) in [5.74, 6) is 0.164. The number of rotatable bonds is 13. The van der Waals surface area contributed by atoms with E-state index in [9.17, 15) is 4.79 Å². The number of imidazole rings is 1. The van der Waals surface area contributed by atoms with E-state index in [1.807, 2.05) is 48.5 Å². The Hall–Kier alpha value is -3.69. The number of hydrogen-bond acceptors (Lipinski definition) is 7. The van der Waals surface area contributed by atoms with Crippen molar-refractivity contribution in [1.29, 1.82) is 0 Å². The monoisotopic (exact) mass is 490 g/mol. The van der Waals surface area contributed by atoms with Crippen molar-refractivity contribution in [2.75, 3.05) is 32.5 Å². The van der Waals surface area contributed by atoms with Gasteiger partial charge in [-0.1, -0.05) is 74.0 Å². The first-order valence-corrected chi connectivity index (χ1v) is 12.4. The molecule has 1 unspecified atom stereocenters. The molecule has 2 aromatic carbocycles. The van der Waals surface area contributed by atoms with E-state index in [0.29, 0.717) is 24.4 Å². The van der Waals surface area contributed by atoms with Crippen molar-refractivity contribution in [3.8, 4) is 6.01 Å². The largest absolute Gasteiger partial charge is 0.463 e. The molecule has 0 bridgehead atoms. The van der Waals surface area contributed by atoms with Crippen molar-refractivity contribution in [3.05, 3.63) is 82.3 Å². The van der Waals surface area contributed by atoms with Crippen LogP contribution in [0.3, 0.4) is 0 Å². The van der Waals surface area contributed by atoms with Crippen LogP contribution in [0.2, 0.25) is 0 Å². The van der Waals surface area contributed by atoms with Crippen molar-refractivity contribution in [3.63, 3.8) is 0 Å². The van der Waals surface area contributed by atoms with Crippen molar-refractivity contribution in [2.24, 2.45) is 0 Å². The van der Waals surface area contributed by atoms with Crippen LogP contribution >= 0.6 is 0 Å². The van der Waals surface area contributed by atoms with Gasteiger partial charge in [0, 0.05) is 18.7 Å². The predicted octanol–water partition coefficient (Wildman–Crippen LogP) is 3.97. The van der Waals surface area contributed by atoms with Crippen LogP contribution in [0.25, 0.3) is 11.2 Å². The lowest BCUT2D eigenvalue weighted by Crippen LogP contribution is -2.27. The highest BCUT2D eigenvalue weighted by Crippen LogP contribution is 2.25. The highest BCUT2D eigenvalue weighted by Gasteiger charge is 2.23. The van der Waals surface area contributed by atoms with E-state index in [4.69, 9.17) is 15.2 Å². The minimum absolute atomic E-state index is 0.149. The minimum atomic E-state index is -0.676. The summed E-state index contributed by atoms with van der Waals surface area (Å²) >= 11 is 0. The lowest BCUT2D eigenvalue weighted by Gasteiger charge is -2.21. The van der Waals surface area contributed by atoms with Gasteiger partial charge in [0.15, 0.2) is 17.7 Å². The van der Waals surface area contributed by atoms with Crippen LogP contribution in [0.1, 0.15) is 43.5 Å². The molecule has 0 saturated carbocycles. The summed E-state index contributed by atoms with van der Waals surface area (Å²) < 4.78 is 13.5. The van der Waals surface area contributed by atoms with E-state index in [-0.39, 0.29) is 17.5 Å². The SMILES string of the molecule is CCCCOc1nc(N)c2[nH]c(=O)n(C(OCCCN(C)Cc3ccccc3)c3ccccc3)c2n1. The van der Waals surface area contributed by atoms with Crippen molar-refractivity contribution in [2.45, 2.75) is 39.0 Å². The third-order valence-corrected chi connectivity index (χ3v) is 5.88. The second-order valence-electron chi connectivity index (χ2n) is 8.80. The number of nitrogens with two attached hydrogens (primary N) is 1. The van der Waals surface area contributed by atoms with E-state index >= 15 is 0 Å². The van der Waals surface area contributed by atoms with Crippen LogP contribution in [0.5, 0.6) is 6.01 Å². The number of fused-ring (bicyclic) bond motifs is 1. The molecule has 9 heteroatoms. The van der Waals surface area contributed by atoms with Gasteiger partial charge in [0.2, 0.25) is 0 Å². The molecule has 0 fully saturated rings. The molecular formula is C27H34N6O3. The molecule has 9 nitrogen and oxygen atoms in total. The molecule has 190 valence electrons. The van der Waals surface area contributed by atoms with Gasteiger partial charge in [0.1, 0.15) is 5.52 Å². The van der Waals surface area contributed by atoms with Gasteiger partial charge in [-0.25, -0.2) is 9.36 Å². The second kappa shape index (κ2) is 12.3. The number of aromatic nitrogens is 4. The molecule has 4 aromatic rings. The van der Waals surface area contributed by atoms with Crippen LogP contribution in [0.15, 0.2) is 65.5 Å². The molecule has 0 radical (unpaired) electrons. The fraction of sp³-hybridized carbons (Fsp3) is 0.370. The fourth-order valence-corrected chi connectivity index (χ4v) is 4.03. The Labute approximate surface area is 210 Å². The zero-order valence-electron chi connectivity index (χ0n) is 20.9. The lowest BCUT2D eigenvalue weighted by molar-refractivity contribution is 0.0274. The van der Waals surface area contributed by atoms with Gasteiger partial charge >= 0.3 is 11.7 Å². The van der Waals surface area contributed by atoms with Crippen LogP contribution in [0.4, 0.5) is 5.82 Å². The Morgan fingerprint density at radius 3 is 2.47 bits per heavy atom. The Morgan fingerprint density at radius 1 is 1.03 bits per heavy atom. The summed E-state index contributed by atoms with van der Waals surface area (Å²) in [4.78, 5) is 26.8. The van der Waals surface area contributed by atoms with Crippen molar-refractivity contribution in [1.82, 2.24) is 24.4 Å². The van der Waals surface area contributed by atoms with E-state index < -0.39 is 6.23 Å². The maximum atomic E-state index is 13.1. The zero-order valence-corrected chi connectivity index (χ0v) is 20.9. The first-order chi connectivity index (χ1) is 17.6. The molecule has 0 aliphatic carbocycles. The van der Waals surface area contributed by atoms with Gasteiger partial charge in [-0.05, 0) is 25.5 Å². The number of unbranched alkanes of at least 4 members (excludes halogenated alkanes) is 1. The molecule has 1 atom stereocenters. The van der Waals surface area contributed by atoms with Crippen molar-refractivity contribution < 1.29 is 9.47 Å². The van der Waals surface area contributed by atoms with Crippen LogP contribution in [-0.4, -0.2) is 51.2 Å². The third kappa shape index (κ3) is 6.30. The number of ether oxygens (including phenoxy) is 2. The molecule has 36 heavy (non-hydrogen) atoms. The summed E-state index contributed by atoms with van der Waals surface area (Å²) in [5.41, 5.74) is 8.60. The van der Waals surface area contributed by atoms with E-state index in [1.165, 1.54) is 10.1 Å². The average molecular weight is 491 g/mol. The first kappa shape index (κ1) is 25.4. The number of nitrogens with one attached hydrogen (secondary N) is 1. The van der Waals surface area contributed by atoms with E-state index in [0.717, 1.165) is 37.9 Å². The average Bonchev–Trinajstić information content (AvgIpc) is 3.21. The van der Waals surface area contributed by atoms with Crippen LogP contribution < -0.4 is 16.2 Å². The Bertz CT molecular complexity index is 1290. The molecular weight excluding hydrogens is 456 g/mol. The molecule has 4 rings (SSSR count). The number of aromatic amines is 1. The maximum absolute atomic E-state index is 13.1. The molecule has 0 amide bonds. The lowest BCUT2D eigenvalue weighted by atomic mass is 10.2. The smallest absolute Gasteiger partial charge is 0.330 e. The van der Waals surface area contributed by atoms with Gasteiger partial charge in [0.25, 0.3) is 0 Å². The maximum Gasteiger partial charge on any atom is 0.330 e. The number of benzene rings is 2. The Balaban J connectivity index is 1.53. The summed E-state index contributed by atoms with van der Waals surface area (Å²) in [6.45, 7) is 4.72. The molecule has 2 aromatic heterocycles. The first-order valence-electron chi connectivity index (χ1n) is 12.4. The van der Waals surface area contributed by atoms with E-state index in [1.54, 1.807) is 0 Å². The van der Waals surface area contributed by atoms with Gasteiger partial charge in [-0.3, -0.25) is 0 Å². The Kier molecular flexibility index (Phi) is 8.70. The summed E-state index contributed by atoms with van der Waals surface area (Å²) in [5, 5.41) is 0. The highest BCUT2D eigenvalue weighted by molar-refractivity contribution is 5.82. The number of H-pyrrole nitrogens is 1. The summed E-state index contributed by atoms with van der Waals surface area (Å²) in [6.07, 6.45) is 1.98. The topological polar surface area (TPSA) is 111 Å². The van der Waals surface area contributed by atoms with Gasteiger partial charge in [0.05, 0.1) is 13.2 Å². The standard InChI is InChI=1S/C27H34N6O3/c1-3-4-17-36-26-30-23(28)22-24(31-26)33(27(34)29-22)25(21-14-9-6-10-15-21)35-18-11-16-32(2)19-20-12-7-5-8-13-20/h5-10,12-15,25H,3-4,11,16-19H2,1-2H3,(H,29,34)(H2,28,30,31). The van der Waals surface area contributed by atoms with Crippen LogP contribution in [-0.2, 0) is 11.3 Å². The molecule has 0 spiro atoms. The van der Waals surface area contributed by atoms with Gasteiger partial charge < -0.3 is 25.1 Å². The Morgan fingerprint density at radius 2 is 1.75 bits per heavy atom. The molecule has 3 N–H and O–H groups in total. The molecule has 0 aliphatic rings. The molecule has 0 aliphatic heterocycles. The zero-order chi connectivity index (χ0) is 25.3. The normalized spacial score (nSPS) is 12.3. The molecule has 0 saturated heterocycles. The fourth-order valence-electron chi connectivity index (χ4n) is 4.03. The second-order valence-corrected chi connectivity index (χ2v) is 8.80. The predicted molar refractivity (Wildman–Crippen MR) is 141 cm³/mol. The quantitative estimate of drug-likeness (QED) is 0.273. The number of nitrogens with zero attached hydrogens (tertiary/aromatic N) is 4. The number of anilines is 1. The highest BCUT2D eigenvalue weighted by atomic mass is 16.5. The van der Waals surface area contributed by atoms with E-state index in [2.05, 4.69) is 46.0 Å². The minimum Gasteiger partial charge on any atom is -0.463 e. The van der Waals surface area contributed by atoms with Gasteiger partial charge in [-0.15, -0.1) is 0 Å². The third-order valence-electron chi connectivity index (χ3n) is 5.88. The van der Waals surface area contributed by atoms with Crippen molar-refractivity contribution >= 4 is 17.0 Å². The van der Waals surface area contributed by atoms with Crippen LogP contribution in [0, 0.1) is 0 Å². The number of nitrogen functional groups attached to an aromatic ring is 1. The summed E-state index contributed by atoms with van der Waals surface area (Å²) in [7, 11) is 2.09. The summed E-state index contributed by atoms with van der Waals surface area (Å²) in [6, 6.07) is 20.1. The number of hydrogen-bond donors (Lipinski definition) is 2.